The van der Waals surface area contributed by atoms with Crippen molar-refractivity contribution in [3.8, 4) is 12.1 Å². The Kier molecular flexibility index (Phi) is 4.53. The van der Waals surface area contributed by atoms with Gasteiger partial charge in [0.25, 0.3) is 0 Å². The van der Waals surface area contributed by atoms with Gasteiger partial charge in [0.05, 0.1) is 12.2 Å². The summed E-state index contributed by atoms with van der Waals surface area (Å²) in [6, 6.07) is 9.26. The van der Waals surface area contributed by atoms with Crippen LogP contribution < -0.4 is 10.2 Å². The van der Waals surface area contributed by atoms with Crippen LogP contribution in [0.2, 0.25) is 0 Å². The van der Waals surface area contributed by atoms with E-state index in [-0.39, 0.29) is 5.57 Å². The topological polar surface area (TPSA) is 75.7 Å². The highest BCUT2D eigenvalue weighted by molar-refractivity contribution is 5.37. The van der Waals surface area contributed by atoms with Crippen LogP contribution in [0.25, 0.3) is 0 Å². The van der Waals surface area contributed by atoms with E-state index in [0.717, 1.165) is 11.5 Å². The number of rotatable bonds is 4. The van der Waals surface area contributed by atoms with Crippen molar-refractivity contribution in [2.24, 2.45) is 0 Å². The molecule has 0 aliphatic heterocycles. The van der Waals surface area contributed by atoms with E-state index in [1.54, 1.807) is 12.1 Å². The molecule has 0 aliphatic rings. The van der Waals surface area contributed by atoms with Gasteiger partial charge in [-0.25, -0.2) is 4.98 Å². The third-order valence-corrected chi connectivity index (χ3v) is 2.02. The van der Waals surface area contributed by atoms with E-state index < -0.39 is 0 Å². The number of pyridine rings is 1. The monoisotopic (exact) mass is 227 g/mol. The first-order valence-corrected chi connectivity index (χ1v) is 5.04. The lowest BCUT2D eigenvalue weighted by molar-refractivity contribution is 0.829. The molecule has 1 N–H and O–H groups in total. The Balaban J connectivity index is 2.65. The number of hydrogen-bond acceptors (Lipinski definition) is 5. The van der Waals surface area contributed by atoms with Gasteiger partial charge in [-0.15, -0.1) is 0 Å². The van der Waals surface area contributed by atoms with Gasteiger partial charge in [-0.3, -0.25) is 0 Å². The molecule has 0 unspecified atom stereocenters. The van der Waals surface area contributed by atoms with Crippen LogP contribution in [0, 0.1) is 22.7 Å². The average molecular weight is 227 g/mol. The van der Waals surface area contributed by atoms with Crippen molar-refractivity contribution >= 4 is 5.82 Å². The summed E-state index contributed by atoms with van der Waals surface area (Å²) in [5.41, 5.74) is 0.899. The van der Waals surface area contributed by atoms with Crippen molar-refractivity contribution in [3.63, 3.8) is 0 Å². The highest BCUT2D eigenvalue weighted by Crippen LogP contribution is 2.07. The van der Waals surface area contributed by atoms with E-state index >= 15 is 0 Å². The third-order valence-electron chi connectivity index (χ3n) is 2.02. The first-order chi connectivity index (χ1) is 8.17. The second-order valence-corrected chi connectivity index (χ2v) is 3.54. The van der Waals surface area contributed by atoms with Crippen LogP contribution in [0.1, 0.15) is 5.69 Å². The molecule has 1 aromatic rings. The van der Waals surface area contributed by atoms with Crippen molar-refractivity contribution in [3.05, 3.63) is 35.7 Å². The second-order valence-electron chi connectivity index (χ2n) is 3.54. The summed E-state index contributed by atoms with van der Waals surface area (Å²) in [5.74, 6) is 0.870. The normalized spacial score (nSPS) is 8.71. The zero-order valence-electron chi connectivity index (χ0n) is 9.81. The van der Waals surface area contributed by atoms with Crippen molar-refractivity contribution in [1.82, 2.24) is 10.3 Å². The molecule has 5 heteroatoms. The minimum atomic E-state index is 0.0498. The van der Waals surface area contributed by atoms with E-state index in [0.29, 0.717) is 6.54 Å². The Morgan fingerprint density at radius 3 is 2.71 bits per heavy atom. The van der Waals surface area contributed by atoms with E-state index in [4.69, 9.17) is 10.5 Å². The van der Waals surface area contributed by atoms with Gasteiger partial charge in [0, 0.05) is 20.3 Å². The van der Waals surface area contributed by atoms with E-state index in [2.05, 4.69) is 10.3 Å². The molecule has 0 radical (unpaired) electrons. The highest BCUT2D eigenvalue weighted by atomic mass is 15.1. The van der Waals surface area contributed by atoms with Gasteiger partial charge in [0.15, 0.2) is 0 Å². The Morgan fingerprint density at radius 2 is 2.12 bits per heavy atom. The molecular weight excluding hydrogens is 214 g/mol. The molecule has 0 fully saturated rings. The molecule has 0 saturated heterocycles. The summed E-state index contributed by atoms with van der Waals surface area (Å²) in [6.07, 6.45) is 1.39. The van der Waals surface area contributed by atoms with Crippen LogP contribution in [-0.2, 0) is 6.54 Å². The van der Waals surface area contributed by atoms with Crippen LogP contribution >= 0.6 is 0 Å². The lowest BCUT2D eigenvalue weighted by Gasteiger charge is -2.12. The van der Waals surface area contributed by atoms with Crippen molar-refractivity contribution < 1.29 is 0 Å². The number of allylic oxidation sites excluding steroid dienone is 1. The summed E-state index contributed by atoms with van der Waals surface area (Å²) in [7, 11) is 3.84. The molecule has 1 aromatic heterocycles. The fourth-order valence-electron chi connectivity index (χ4n) is 1.16. The quantitative estimate of drug-likeness (QED) is 0.781. The summed E-state index contributed by atoms with van der Waals surface area (Å²) >= 11 is 0. The van der Waals surface area contributed by atoms with Gasteiger partial charge in [-0.05, 0) is 12.1 Å². The average Bonchev–Trinajstić information content (AvgIpc) is 2.35. The minimum Gasteiger partial charge on any atom is -0.384 e. The molecule has 0 aromatic carbocycles. The minimum absolute atomic E-state index is 0.0498. The molecule has 86 valence electrons. The molecule has 1 rings (SSSR count). The molecule has 0 bridgehead atoms. The van der Waals surface area contributed by atoms with Crippen molar-refractivity contribution in [2.45, 2.75) is 6.54 Å². The van der Waals surface area contributed by atoms with Gasteiger partial charge in [0.1, 0.15) is 23.5 Å². The fraction of sp³-hybridized carbons (Fsp3) is 0.250. The van der Waals surface area contributed by atoms with Crippen LogP contribution in [0.15, 0.2) is 30.0 Å². The summed E-state index contributed by atoms with van der Waals surface area (Å²) in [4.78, 5) is 6.30. The van der Waals surface area contributed by atoms with Crippen LogP contribution in [0.3, 0.4) is 0 Å². The first kappa shape index (κ1) is 12.5. The third kappa shape index (κ3) is 3.84. The zero-order valence-corrected chi connectivity index (χ0v) is 9.81. The highest BCUT2D eigenvalue weighted by Gasteiger charge is 1.98. The smallest absolute Gasteiger partial charge is 0.145 e. The lowest BCUT2D eigenvalue weighted by Crippen LogP contribution is -2.13. The van der Waals surface area contributed by atoms with Gasteiger partial charge < -0.3 is 10.2 Å². The Morgan fingerprint density at radius 1 is 1.41 bits per heavy atom. The van der Waals surface area contributed by atoms with Crippen molar-refractivity contribution in [1.29, 1.82) is 10.5 Å². The van der Waals surface area contributed by atoms with Crippen LogP contribution in [0.5, 0.6) is 0 Å². The van der Waals surface area contributed by atoms with Crippen molar-refractivity contribution in [2.75, 3.05) is 19.0 Å². The van der Waals surface area contributed by atoms with Crippen LogP contribution in [0.4, 0.5) is 5.82 Å². The van der Waals surface area contributed by atoms with Gasteiger partial charge in [-0.2, -0.15) is 10.5 Å². The van der Waals surface area contributed by atoms with Crippen LogP contribution in [-0.4, -0.2) is 19.1 Å². The van der Waals surface area contributed by atoms with E-state index in [1.165, 1.54) is 6.20 Å². The molecular formula is C12H13N5. The number of hydrogen-bond donors (Lipinski definition) is 1. The number of nitrogens with zero attached hydrogens (tertiary/aromatic N) is 4. The van der Waals surface area contributed by atoms with E-state index in [9.17, 15) is 0 Å². The molecule has 1 heterocycles. The maximum Gasteiger partial charge on any atom is 0.145 e. The maximum atomic E-state index is 8.54. The van der Waals surface area contributed by atoms with Gasteiger partial charge >= 0.3 is 0 Å². The summed E-state index contributed by atoms with van der Waals surface area (Å²) < 4.78 is 0. The Bertz CT molecular complexity index is 474. The Labute approximate surface area is 101 Å². The number of nitrogens with one attached hydrogen (secondary N) is 1. The zero-order chi connectivity index (χ0) is 12.7. The summed E-state index contributed by atoms with van der Waals surface area (Å²) in [5, 5.41) is 20.0. The predicted octanol–water partition coefficient (Wildman–Crippen LogP) is 1.17. The molecule has 0 atom stereocenters. The predicted molar refractivity (Wildman–Crippen MR) is 64.7 cm³/mol. The SMILES string of the molecule is CN(C)c1cccc(CNC=C(C#N)C#N)n1. The van der Waals surface area contributed by atoms with Gasteiger partial charge in [0.2, 0.25) is 0 Å². The standard InChI is InChI=1S/C12H13N5/c1-17(2)12-5-3-4-11(16-12)9-15-8-10(6-13)7-14/h3-5,8,15H,9H2,1-2H3. The summed E-state index contributed by atoms with van der Waals surface area (Å²) in [6.45, 7) is 0.481. The fourth-order valence-corrected chi connectivity index (χ4v) is 1.16. The largest absolute Gasteiger partial charge is 0.384 e. The molecule has 0 aliphatic carbocycles. The maximum absolute atomic E-state index is 8.54. The van der Waals surface area contributed by atoms with E-state index in [1.807, 2.05) is 37.2 Å². The molecule has 0 saturated carbocycles. The van der Waals surface area contributed by atoms with Gasteiger partial charge in [-0.1, -0.05) is 6.07 Å². The molecule has 0 spiro atoms. The first-order valence-electron chi connectivity index (χ1n) is 5.04. The molecule has 5 nitrogen and oxygen atoms in total. The number of anilines is 1. The Hall–Kier alpha value is -2.53. The lowest BCUT2D eigenvalue weighted by atomic mass is 10.3. The second kappa shape index (κ2) is 6.14. The molecule has 17 heavy (non-hydrogen) atoms. The number of aromatic nitrogens is 1. The number of nitriles is 2. The molecule has 0 amide bonds.